The van der Waals surface area contributed by atoms with Crippen LogP contribution in [0.25, 0.3) is 33.4 Å². The molecule has 0 spiro atoms. The third kappa shape index (κ3) is 3.33. The largest absolute Gasteiger partial charge is 0.264 e. The minimum Gasteiger partial charge on any atom is -0.264 e. The number of aromatic nitrogens is 2. The molecule has 0 radical (unpaired) electrons. The molecule has 4 aromatic rings. The van der Waals surface area contributed by atoms with Crippen LogP contribution in [0.3, 0.4) is 0 Å². The van der Waals surface area contributed by atoms with E-state index in [0.29, 0.717) is 0 Å². The van der Waals surface area contributed by atoms with Gasteiger partial charge in [0.1, 0.15) is 0 Å². The van der Waals surface area contributed by atoms with Gasteiger partial charge >= 0.3 is 0 Å². The molecule has 0 saturated heterocycles. The fourth-order valence-electron chi connectivity index (χ4n) is 3.04. The Bertz CT molecular complexity index is 975. The Morgan fingerprint density at radius 1 is 0.520 bits per heavy atom. The minimum absolute atomic E-state index is 1.13. The first kappa shape index (κ1) is 15.3. The third-order valence-electron chi connectivity index (χ3n) is 4.29. The van der Waals surface area contributed by atoms with Crippen molar-refractivity contribution >= 4 is 0 Å². The second kappa shape index (κ2) is 6.70. The molecule has 0 fully saturated rings. The number of hydrogen-bond donors (Lipinski definition) is 0. The monoisotopic (exact) mass is 322 g/mol. The fraction of sp³-hybridized carbons (Fsp3) is 0.0435. The summed E-state index contributed by atoms with van der Waals surface area (Å²) in [6.07, 6.45) is 7.40. The van der Waals surface area contributed by atoms with Crippen LogP contribution in [-0.4, -0.2) is 9.97 Å². The lowest BCUT2D eigenvalue weighted by Gasteiger charge is -2.09. The zero-order valence-electron chi connectivity index (χ0n) is 14.1. The molecule has 2 nitrogen and oxygen atoms in total. The third-order valence-corrected chi connectivity index (χ3v) is 4.29. The molecule has 0 bridgehead atoms. The zero-order chi connectivity index (χ0) is 17.1. The Morgan fingerprint density at radius 3 is 1.52 bits per heavy atom. The van der Waals surface area contributed by atoms with Gasteiger partial charge in [-0.05, 0) is 58.5 Å². The molecule has 0 amide bonds. The summed E-state index contributed by atoms with van der Waals surface area (Å²) in [6, 6.07) is 23.4. The van der Waals surface area contributed by atoms with E-state index in [1.54, 1.807) is 12.4 Å². The van der Waals surface area contributed by atoms with Gasteiger partial charge in [-0.15, -0.1) is 0 Å². The lowest BCUT2D eigenvalue weighted by Crippen LogP contribution is -1.86. The molecule has 0 unspecified atom stereocenters. The lowest BCUT2D eigenvalue weighted by molar-refractivity contribution is 1.33. The molecule has 0 N–H and O–H groups in total. The van der Waals surface area contributed by atoms with Crippen LogP contribution in [0, 0.1) is 6.92 Å². The van der Waals surface area contributed by atoms with Crippen LogP contribution < -0.4 is 0 Å². The summed E-state index contributed by atoms with van der Waals surface area (Å²) in [5, 5.41) is 0. The normalized spacial score (nSPS) is 10.6. The summed E-state index contributed by atoms with van der Waals surface area (Å²) in [4.78, 5) is 8.42. The van der Waals surface area contributed by atoms with Crippen molar-refractivity contribution < 1.29 is 0 Å². The van der Waals surface area contributed by atoms with Crippen molar-refractivity contribution in [2.75, 3.05) is 0 Å². The van der Waals surface area contributed by atoms with Crippen LogP contribution in [0.2, 0.25) is 0 Å². The first-order valence-electron chi connectivity index (χ1n) is 8.32. The van der Waals surface area contributed by atoms with E-state index in [2.05, 4.69) is 71.5 Å². The van der Waals surface area contributed by atoms with Crippen molar-refractivity contribution in [3.05, 3.63) is 97.1 Å². The van der Waals surface area contributed by atoms with Gasteiger partial charge in [0, 0.05) is 30.4 Å². The van der Waals surface area contributed by atoms with Gasteiger partial charge in [0.05, 0.1) is 0 Å². The van der Waals surface area contributed by atoms with Gasteiger partial charge in [0.15, 0.2) is 0 Å². The Labute approximate surface area is 147 Å². The number of rotatable bonds is 3. The molecular weight excluding hydrogens is 304 g/mol. The summed E-state index contributed by atoms with van der Waals surface area (Å²) in [5.41, 5.74) is 8.32. The predicted molar refractivity (Wildman–Crippen MR) is 103 cm³/mol. The summed E-state index contributed by atoms with van der Waals surface area (Å²) in [5.74, 6) is 0. The second-order valence-corrected chi connectivity index (χ2v) is 6.15. The molecule has 2 heterocycles. The van der Waals surface area contributed by atoms with Crippen LogP contribution >= 0.6 is 0 Å². The van der Waals surface area contributed by atoms with E-state index in [-0.39, 0.29) is 0 Å². The SMILES string of the molecule is Cc1cc(-c2ccc(-c3cccnc3)cc2)cc(-c2cccnc2)c1. The molecule has 0 aliphatic heterocycles. The van der Waals surface area contributed by atoms with E-state index in [1.807, 2.05) is 24.5 Å². The Hall–Kier alpha value is -3.26. The molecule has 25 heavy (non-hydrogen) atoms. The first-order chi connectivity index (χ1) is 12.3. The standard InChI is InChI=1S/C23H18N2/c1-17-12-22(14-23(13-17)21-5-3-11-25-16-21)19-8-6-18(7-9-19)20-4-2-10-24-15-20/h2-16H,1H3. The topological polar surface area (TPSA) is 25.8 Å². The Balaban J connectivity index is 1.71. The van der Waals surface area contributed by atoms with Gasteiger partial charge in [0.2, 0.25) is 0 Å². The number of hydrogen-bond acceptors (Lipinski definition) is 2. The summed E-state index contributed by atoms with van der Waals surface area (Å²) in [6.45, 7) is 2.13. The van der Waals surface area contributed by atoms with Crippen molar-refractivity contribution in [1.82, 2.24) is 9.97 Å². The van der Waals surface area contributed by atoms with Gasteiger partial charge in [-0.2, -0.15) is 0 Å². The highest BCUT2D eigenvalue weighted by Gasteiger charge is 2.05. The molecule has 120 valence electrons. The number of nitrogens with zero attached hydrogens (tertiary/aromatic N) is 2. The summed E-state index contributed by atoms with van der Waals surface area (Å²) in [7, 11) is 0. The summed E-state index contributed by atoms with van der Waals surface area (Å²) < 4.78 is 0. The van der Waals surface area contributed by atoms with Gasteiger partial charge in [0.25, 0.3) is 0 Å². The minimum atomic E-state index is 1.13. The quantitative estimate of drug-likeness (QED) is 0.477. The van der Waals surface area contributed by atoms with E-state index < -0.39 is 0 Å². The fourth-order valence-corrected chi connectivity index (χ4v) is 3.04. The highest BCUT2D eigenvalue weighted by molar-refractivity contribution is 5.75. The number of pyridine rings is 2. The predicted octanol–water partition coefficient (Wildman–Crippen LogP) is 5.79. The van der Waals surface area contributed by atoms with Gasteiger partial charge in [-0.3, -0.25) is 9.97 Å². The molecular formula is C23H18N2. The number of benzene rings is 2. The Morgan fingerprint density at radius 2 is 1.00 bits per heavy atom. The van der Waals surface area contributed by atoms with Gasteiger partial charge in [-0.25, -0.2) is 0 Å². The van der Waals surface area contributed by atoms with E-state index in [9.17, 15) is 0 Å². The van der Waals surface area contributed by atoms with E-state index in [4.69, 9.17) is 0 Å². The highest BCUT2D eigenvalue weighted by Crippen LogP contribution is 2.29. The molecule has 0 saturated carbocycles. The maximum Gasteiger partial charge on any atom is 0.0346 e. The summed E-state index contributed by atoms with van der Waals surface area (Å²) >= 11 is 0. The number of aryl methyl sites for hydroxylation is 1. The lowest BCUT2D eigenvalue weighted by atomic mass is 9.96. The average molecular weight is 322 g/mol. The molecule has 0 atom stereocenters. The van der Waals surface area contributed by atoms with Crippen molar-refractivity contribution in [3.8, 4) is 33.4 Å². The van der Waals surface area contributed by atoms with E-state index in [0.717, 1.165) is 11.1 Å². The van der Waals surface area contributed by atoms with Crippen molar-refractivity contribution in [2.24, 2.45) is 0 Å². The molecule has 2 heteroatoms. The van der Waals surface area contributed by atoms with Gasteiger partial charge < -0.3 is 0 Å². The van der Waals surface area contributed by atoms with Crippen LogP contribution in [-0.2, 0) is 0 Å². The zero-order valence-corrected chi connectivity index (χ0v) is 14.1. The van der Waals surface area contributed by atoms with E-state index in [1.165, 1.54) is 27.8 Å². The van der Waals surface area contributed by atoms with Crippen LogP contribution in [0.5, 0.6) is 0 Å². The van der Waals surface area contributed by atoms with Gasteiger partial charge in [-0.1, -0.05) is 48.5 Å². The molecule has 2 aromatic carbocycles. The molecule has 4 rings (SSSR count). The van der Waals surface area contributed by atoms with Crippen LogP contribution in [0.1, 0.15) is 5.56 Å². The van der Waals surface area contributed by atoms with Crippen LogP contribution in [0.15, 0.2) is 91.5 Å². The molecule has 0 aliphatic rings. The Kier molecular flexibility index (Phi) is 4.09. The van der Waals surface area contributed by atoms with E-state index >= 15 is 0 Å². The van der Waals surface area contributed by atoms with Crippen molar-refractivity contribution in [3.63, 3.8) is 0 Å². The highest BCUT2D eigenvalue weighted by atomic mass is 14.6. The van der Waals surface area contributed by atoms with Crippen molar-refractivity contribution in [1.29, 1.82) is 0 Å². The first-order valence-corrected chi connectivity index (χ1v) is 8.32. The second-order valence-electron chi connectivity index (χ2n) is 6.15. The van der Waals surface area contributed by atoms with Crippen molar-refractivity contribution in [2.45, 2.75) is 6.92 Å². The maximum atomic E-state index is 4.23. The smallest absolute Gasteiger partial charge is 0.0346 e. The average Bonchev–Trinajstić information content (AvgIpc) is 2.69. The molecule has 0 aliphatic carbocycles. The molecule has 2 aromatic heterocycles. The maximum absolute atomic E-state index is 4.23. The van der Waals surface area contributed by atoms with Crippen LogP contribution in [0.4, 0.5) is 0 Å².